The molecular formula is C21H20N2O6. The number of rotatable bonds is 5. The van der Waals surface area contributed by atoms with E-state index in [0.717, 1.165) is 0 Å². The van der Waals surface area contributed by atoms with Crippen molar-refractivity contribution >= 4 is 28.9 Å². The number of esters is 1. The van der Waals surface area contributed by atoms with Crippen LogP contribution in [-0.4, -0.2) is 32.1 Å². The van der Waals surface area contributed by atoms with Gasteiger partial charge in [-0.2, -0.15) is 0 Å². The van der Waals surface area contributed by atoms with E-state index in [1.807, 2.05) is 0 Å². The third-order valence-electron chi connectivity index (χ3n) is 4.36. The van der Waals surface area contributed by atoms with Crippen molar-refractivity contribution in [3.63, 3.8) is 0 Å². The van der Waals surface area contributed by atoms with Crippen molar-refractivity contribution in [1.29, 1.82) is 0 Å². The van der Waals surface area contributed by atoms with Crippen LogP contribution in [0, 0.1) is 6.92 Å². The summed E-state index contributed by atoms with van der Waals surface area (Å²) in [5.41, 5.74) is 1.46. The number of aryl methyl sites for hydroxylation is 1. The molecule has 0 fully saturated rings. The summed E-state index contributed by atoms with van der Waals surface area (Å²) >= 11 is 0. The molecule has 150 valence electrons. The standard InChI is InChI=1S/C21H20N2O6/c1-12-15-11-14(27-3)9-10-16(15)28-17(12)20(25)29-18(13-7-5-4-6-8-13)19(24)23-21(26)22-2/h4-11,18H,1-3H3,(H2,22,23,24,26)/t18-/m0/s1. The van der Waals surface area contributed by atoms with Crippen molar-refractivity contribution in [2.24, 2.45) is 0 Å². The predicted molar refractivity (Wildman–Crippen MR) is 105 cm³/mol. The van der Waals surface area contributed by atoms with Gasteiger partial charge in [-0.05, 0) is 25.1 Å². The highest BCUT2D eigenvalue weighted by atomic mass is 16.6. The quantitative estimate of drug-likeness (QED) is 0.642. The molecule has 0 saturated carbocycles. The summed E-state index contributed by atoms with van der Waals surface area (Å²) in [5.74, 6) is -1.01. The molecule has 2 N–H and O–H groups in total. The molecule has 3 amide bonds. The van der Waals surface area contributed by atoms with E-state index in [4.69, 9.17) is 13.9 Å². The zero-order valence-electron chi connectivity index (χ0n) is 16.1. The highest BCUT2D eigenvalue weighted by Gasteiger charge is 2.29. The zero-order valence-corrected chi connectivity index (χ0v) is 16.1. The number of urea groups is 1. The number of hydrogen-bond acceptors (Lipinski definition) is 6. The molecule has 2 aromatic carbocycles. The van der Waals surface area contributed by atoms with Crippen LogP contribution in [0.25, 0.3) is 11.0 Å². The van der Waals surface area contributed by atoms with E-state index in [0.29, 0.717) is 27.8 Å². The number of amides is 3. The highest BCUT2D eigenvalue weighted by molar-refractivity contribution is 6.00. The fraction of sp³-hybridized carbons (Fsp3) is 0.190. The van der Waals surface area contributed by atoms with Crippen LogP contribution < -0.4 is 15.4 Å². The Morgan fingerprint density at radius 2 is 1.79 bits per heavy atom. The van der Waals surface area contributed by atoms with Gasteiger partial charge in [0.25, 0.3) is 5.91 Å². The first-order chi connectivity index (χ1) is 13.9. The second kappa shape index (κ2) is 8.47. The number of imide groups is 1. The van der Waals surface area contributed by atoms with Gasteiger partial charge in [0.05, 0.1) is 7.11 Å². The maximum atomic E-state index is 12.8. The Morgan fingerprint density at radius 1 is 1.07 bits per heavy atom. The summed E-state index contributed by atoms with van der Waals surface area (Å²) in [6.45, 7) is 1.71. The van der Waals surface area contributed by atoms with E-state index in [1.54, 1.807) is 62.6 Å². The number of fused-ring (bicyclic) bond motifs is 1. The predicted octanol–water partition coefficient (Wildman–Crippen LogP) is 3.10. The summed E-state index contributed by atoms with van der Waals surface area (Å²) in [5, 5.41) is 5.11. The molecule has 29 heavy (non-hydrogen) atoms. The molecule has 1 aromatic heterocycles. The lowest BCUT2D eigenvalue weighted by atomic mass is 10.1. The number of carbonyl (C=O) groups excluding carboxylic acids is 3. The van der Waals surface area contributed by atoms with Crippen LogP contribution in [0.1, 0.15) is 27.8 Å². The minimum atomic E-state index is -1.33. The zero-order chi connectivity index (χ0) is 21.0. The number of hydrogen-bond donors (Lipinski definition) is 2. The number of methoxy groups -OCH3 is 1. The molecule has 0 radical (unpaired) electrons. The van der Waals surface area contributed by atoms with Crippen molar-refractivity contribution in [3.8, 4) is 5.75 Å². The second-order valence-electron chi connectivity index (χ2n) is 6.18. The minimum absolute atomic E-state index is 0.0260. The van der Waals surface area contributed by atoms with Crippen molar-refractivity contribution in [3.05, 3.63) is 65.4 Å². The summed E-state index contributed by atoms with van der Waals surface area (Å²) in [6.07, 6.45) is -1.33. The average Bonchev–Trinajstić information content (AvgIpc) is 3.08. The third kappa shape index (κ3) is 4.21. The number of ether oxygens (including phenoxy) is 2. The van der Waals surface area contributed by atoms with E-state index >= 15 is 0 Å². The van der Waals surface area contributed by atoms with Gasteiger partial charge in [0, 0.05) is 23.6 Å². The summed E-state index contributed by atoms with van der Waals surface area (Å²) in [6, 6.07) is 12.8. The Bertz CT molecular complexity index is 1060. The van der Waals surface area contributed by atoms with Crippen LogP contribution in [0.2, 0.25) is 0 Å². The molecule has 0 aliphatic carbocycles. The Kier molecular flexibility index (Phi) is 5.82. The Hall–Kier alpha value is -3.81. The lowest BCUT2D eigenvalue weighted by Gasteiger charge is -2.17. The first-order valence-electron chi connectivity index (χ1n) is 8.80. The maximum Gasteiger partial charge on any atom is 0.375 e. The SMILES string of the molecule is CNC(=O)NC(=O)[C@@H](OC(=O)c1oc2ccc(OC)cc2c1C)c1ccccc1. The Labute approximate surface area is 166 Å². The van der Waals surface area contributed by atoms with Crippen molar-refractivity contribution in [1.82, 2.24) is 10.6 Å². The number of nitrogens with one attached hydrogen (secondary N) is 2. The van der Waals surface area contributed by atoms with Crippen molar-refractivity contribution in [2.75, 3.05) is 14.2 Å². The van der Waals surface area contributed by atoms with E-state index in [2.05, 4.69) is 10.6 Å². The molecule has 1 heterocycles. The maximum absolute atomic E-state index is 12.8. The molecule has 0 spiro atoms. The number of benzene rings is 2. The molecular weight excluding hydrogens is 376 g/mol. The lowest BCUT2D eigenvalue weighted by molar-refractivity contribution is -0.129. The van der Waals surface area contributed by atoms with Gasteiger partial charge in [-0.25, -0.2) is 9.59 Å². The first kappa shape index (κ1) is 19.9. The molecule has 0 aliphatic heterocycles. The highest BCUT2D eigenvalue weighted by Crippen LogP contribution is 2.30. The van der Waals surface area contributed by atoms with Gasteiger partial charge < -0.3 is 19.2 Å². The minimum Gasteiger partial charge on any atom is -0.497 e. The molecule has 0 unspecified atom stereocenters. The van der Waals surface area contributed by atoms with Crippen molar-refractivity contribution in [2.45, 2.75) is 13.0 Å². The monoisotopic (exact) mass is 396 g/mol. The molecule has 0 bridgehead atoms. The van der Waals surface area contributed by atoms with Crippen LogP contribution in [0.3, 0.4) is 0 Å². The molecule has 0 aliphatic rings. The summed E-state index contributed by atoms with van der Waals surface area (Å²) in [7, 11) is 2.92. The molecule has 8 heteroatoms. The summed E-state index contributed by atoms with van der Waals surface area (Å²) in [4.78, 5) is 36.9. The van der Waals surface area contributed by atoms with Gasteiger partial charge in [-0.15, -0.1) is 0 Å². The number of carbonyl (C=O) groups is 3. The fourth-order valence-electron chi connectivity index (χ4n) is 2.82. The van der Waals surface area contributed by atoms with Crippen LogP contribution >= 0.6 is 0 Å². The van der Waals surface area contributed by atoms with Gasteiger partial charge in [-0.3, -0.25) is 10.1 Å². The van der Waals surface area contributed by atoms with Gasteiger partial charge >= 0.3 is 12.0 Å². The van der Waals surface area contributed by atoms with Crippen LogP contribution in [0.4, 0.5) is 4.79 Å². The second-order valence-corrected chi connectivity index (χ2v) is 6.18. The lowest BCUT2D eigenvalue weighted by Crippen LogP contribution is -2.41. The molecule has 3 rings (SSSR count). The smallest absolute Gasteiger partial charge is 0.375 e. The van der Waals surface area contributed by atoms with Crippen molar-refractivity contribution < 1.29 is 28.3 Å². The van der Waals surface area contributed by atoms with Gasteiger partial charge in [0.1, 0.15) is 11.3 Å². The van der Waals surface area contributed by atoms with Crippen LogP contribution in [0.5, 0.6) is 5.75 Å². The molecule has 1 atom stereocenters. The Balaban J connectivity index is 1.92. The number of furan rings is 1. The van der Waals surface area contributed by atoms with Crippen LogP contribution in [0.15, 0.2) is 52.9 Å². The van der Waals surface area contributed by atoms with Gasteiger partial charge in [0.15, 0.2) is 0 Å². The topological polar surface area (TPSA) is 107 Å². The van der Waals surface area contributed by atoms with Gasteiger partial charge in [-0.1, -0.05) is 30.3 Å². The molecule has 8 nitrogen and oxygen atoms in total. The largest absolute Gasteiger partial charge is 0.497 e. The van der Waals surface area contributed by atoms with Crippen LogP contribution in [-0.2, 0) is 9.53 Å². The average molecular weight is 396 g/mol. The van der Waals surface area contributed by atoms with E-state index < -0.39 is 24.0 Å². The van der Waals surface area contributed by atoms with Gasteiger partial charge in [0.2, 0.25) is 11.9 Å². The Morgan fingerprint density at radius 3 is 2.45 bits per heavy atom. The third-order valence-corrected chi connectivity index (χ3v) is 4.36. The molecule has 0 saturated heterocycles. The van der Waals surface area contributed by atoms with E-state index in [1.165, 1.54) is 7.05 Å². The normalized spacial score (nSPS) is 11.6. The first-order valence-corrected chi connectivity index (χ1v) is 8.80. The fourth-order valence-corrected chi connectivity index (χ4v) is 2.82. The molecule has 3 aromatic rings. The summed E-state index contributed by atoms with van der Waals surface area (Å²) < 4.78 is 16.3. The van der Waals surface area contributed by atoms with E-state index in [-0.39, 0.29) is 5.76 Å². The van der Waals surface area contributed by atoms with E-state index in [9.17, 15) is 14.4 Å².